The molecular formula is C22H26N2O2. The Kier molecular flexibility index (Phi) is 5.55. The molecule has 4 heteroatoms. The number of aryl methyl sites for hydroxylation is 1. The van der Waals surface area contributed by atoms with Crippen LogP contribution in [-0.2, 0) is 5.60 Å². The van der Waals surface area contributed by atoms with Gasteiger partial charge >= 0.3 is 0 Å². The van der Waals surface area contributed by atoms with E-state index in [0.29, 0.717) is 25.0 Å². The lowest BCUT2D eigenvalue weighted by Gasteiger charge is -2.24. The molecular weight excluding hydrogens is 324 g/mol. The van der Waals surface area contributed by atoms with Crippen LogP contribution in [0.3, 0.4) is 0 Å². The van der Waals surface area contributed by atoms with Crippen molar-refractivity contribution in [2.45, 2.75) is 38.7 Å². The van der Waals surface area contributed by atoms with Gasteiger partial charge in [0.1, 0.15) is 5.60 Å². The Morgan fingerprint density at radius 2 is 1.73 bits per heavy atom. The van der Waals surface area contributed by atoms with E-state index in [2.05, 4.69) is 31.2 Å². The monoisotopic (exact) mass is 350 g/mol. The molecule has 1 atom stereocenters. The van der Waals surface area contributed by atoms with Gasteiger partial charge in [0.15, 0.2) is 0 Å². The third-order valence-corrected chi connectivity index (χ3v) is 4.87. The summed E-state index contributed by atoms with van der Waals surface area (Å²) in [5.41, 5.74) is 3.76. The topological polar surface area (TPSA) is 58.3 Å². The third kappa shape index (κ3) is 3.71. The fraction of sp³-hybridized carbons (Fsp3) is 0.318. The molecule has 1 aromatic heterocycles. The fourth-order valence-corrected chi connectivity index (χ4v) is 3.16. The van der Waals surface area contributed by atoms with Crippen LogP contribution in [0.2, 0.25) is 0 Å². The summed E-state index contributed by atoms with van der Waals surface area (Å²) in [5.74, 6) is 0. The zero-order valence-electron chi connectivity index (χ0n) is 15.4. The van der Waals surface area contributed by atoms with Gasteiger partial charge in [0.05, 0.1) is 17.1 Å². The second-order valence-electron chi connectivity index (χ2n) is 6.74. The lowest BCUT2D eigenvalue weighted by atomic mass is 9.90. The van der Waals surface area contributed by atoms with Crippen molar-refractivity contribution in [2.75, 3.05) is 6.61 Å². The molecule has 1 heterocycles. The zero-order chi connectivity index (χ0) is 18.6. The molecule has 26 heavy (non-hydrogen) atoms. The molecule has 0 saturated heterocycles. The summed E-state index contributed by atoms with van der Waals surface area (Å²) in [6.45, 7) is 4.07. The summed E-state index contributed by atoms with van der Waals surface area (Å²) in [6, 6.07) is 20.2. The highest BCUT2D eigenvalue weighted by Crippen LogP contribution is 2.33. The van der Waals surface area contributed by atoms with E-state index in [9.17, 15) is 10.2 Å². The maximum absolute atomic E-state index is 11.1. The molecule has 0 aliphatic heterocycles. The molecule has 0 fully saturated rings. The highest BCUT2D eigenvalue weighted by molar-refractivity contribution is 5.63. The van der Waals surface area contributed by atoms with Gasteiger partial charge in [-0.25, -0.2) is 4.68 Å². The number of benzene rings is 2. The Hall–Kier alpha value is -2.43. The van der Waals surface area contributed by atoms with E-state index in [-0.39, 0.29) is 6.61 Å². The highest BCUT2D eigenvalue weighted by Gasteiger charge is 2.31. The van der Waals surface area contributed by atoms with Crippen LogP contribution in [0.4, 0.5) is 0 Å². The molecule has 0 spiro atoms. The first-order valence-corrected chi connectivity index (χ1v) is 9.13. The van der Waals surface area contributed by atoms with Crippen molar-refractivity contribution < 1.29 is 10.2 Å². The lowest BCUT2D eigenvalue weighted by Crippen LogP contribution is -2.26. The van der Waals surface area contributed by atoms with Gasteiger partial charge in [0.2, 0.25) is 0 Å². The molecule has 0 bridgehead atoms. The van der Waals surface area contributed by atoms with Crippen LogP contribution < -0.4 is 0 Å². The molecule has 3 aromatic rings. The normalized spacial score (nSPS) is 13.5. The Bertz CT molecular complexity index is 840. The van der Waals surface area contributed by atoms with Gasteiger partial charge in [-0.3, -0.25) is 0 Å². The van der Waals surface area contributed by atoms with Gasteiger partial charge in [0.25, 0.3) is 0 Å². The first-order valence-electron chi connectivity index (χ1n) is 9.13. The number of hydrogen-bond acceptors (Lipinski definition) is 3. The lowest BCUT2D eigenvalue weighted by molar-refractivity contribution is 0.0125. The van der Waals surface area contributed by atoms with Crippen molar-refractivity contribution in [3.8, 4) is 16.9 Å². The summed E-state index contributed by atoms with van der Waals surface area (Å²) < 4.78 is 1.89. The van der Waals surface area contributed by atoms with E-state index in [1.807, 2.05) is 48.0 Å². The van der Waals surface area contributed by atoms with Gasteiger partial charge < -0.3 is 10.2 Å². The molecule has 0 radical (unpaired) electrons. The molecule has 4 nitrogen and oxygen atoms in total. The van der Waals surface area contributed by atoms with Gasteiger partial charge in [-0.1, -0.05) is 55.0 Å². The highest BCUT2D eigenvalue weighted by atomic mass is 16.3. The number of aliphatic hydroxyl groups excluding tert-OH is 1. The van der Waals surface area contributed by atoms with Crippen LogP contribution in [0.1, 0.15) is 37.4 Å². The summed E-state index contributed by atoms with van der Waals surface area (Å²) >= 11 is 0. The Labute approximate surface area is 154 Å². The largest absolute Gasteiger partial charge is 0.396 e. The van der Waals surface area contributed by atoms with E-state index < -0.39 is 5.60 Å². The second kappa shape index (κ2) is 7.85. The summed E-state index contributed by atoms with van der Waals surface area (Å²) in [4.78, 5) is 0. The average Bonchev–Trinajstić information content (AvgIpc) is 3.13. The molecule has 0 aliphatic carbocycles. The maximum atomic E-state index is 11.1. The zero-order valence-corrected chi connectivity index (χ0v) is 15.4. The Morgan fingerprint density at radius 1 is 1.04 bits per heavy atom. The van der Waals surface area contributed by atoms with Gasteiger partial charge in [0, 0.05) is 12.2 Å². The molecule has 1 unspecified atom stereocenters. The molecule has 2 aromatic carbocycles. The summed E-state index contributed by atoms with van der Waals surface area (Å²) in [7, 11) is 0. The molecule has 0 amide bonds. The van der Waals surface area contributed by atoms with E-state index >= 15 is 0 Å². The van der Waals surface area contributed by atoms with Crippen LogP contribution in [0.5, 0.6) is 0 Å². The molecule has 136 valence electrons. The molecule has 0 aliphatic rings. The van der Waals surface area contributed by atoms with Crippen molar-refractivity contribution in [1.82, 2.24) is 9.78 Å². The van der Waals surface area contributed by atoms with E-state index in [1.165, 1.54) is 5.56 Å². The van der Waals surface area contributed by atoms with Gasteiger partial charge in [-0.05, 0) is 44.4 Å². The smallest absolute Gasteiger partial charge is 0.108 e. The number of hydrogen-bond donors (Lipinski definition) is 2. The maximum Gasteiger partial charge on any atom is 0.108 e. The van der Waals surface area contributed by atoms with Crippen LogP contribution in [0, 0.1) is 6.92 Å². The average molecular weight is 350 g/mol. The minimum absolute atomic E-state index is 0.0620. The van der Waals surface area contributed by atoms with Crippen molar-refractivity contribution in [3.05, 3.63) is 71.9 Å². The Morgan fingerprint density at radius 3 is 2.35 bits per heavy atom. The van der Waals surface area contributed by atoms with Gasteiger partial charge in [-0.15, -0.1) is 0 Å². The summed E-state index contributed by atoms with van der Waals surface area (Å²) in [6.07, 6.45) is 1.58. The number of aromatic nitrogens is 2. The molecule has 2 N–H and O–H groups in total. The number of para-hydroxylation sites is 1. The summed E-state index contributed by atoms with van der Waals surface area (Å²) in [5, 5.41) is 25.0. The van der Waals surface area contributed by atoms with Crippen molar-refractivity contribution >= 4 is 0 Å². The van der Waals surface area contributed by atoms with Crippen LogP contribution in [0.15, 0.2) is 60.7 Å². The van der Waals surface area contributed by atoms with Crippen LogP contribution in [0.25, 0.3) is 16.9 Å². The van der Waals surface area contributed by atoms with Crippen molar-refractivity contribution in [1.29, 1.82) is 0 Å². The fourth-order valence-electron chi connectivity index (χ4n) is 3.16. The molecule has 3 rings (SSSR count). The number of aliphatic hydroxyl groups is 2. The number of nitrogens with zero attached hydrogens (tertiary/aromatic N) is 2. The molecule has 0 saturated carbocycles. The SMILES string of the molecule is CCC(O)(CCCO)c1cc(-c2ccc(C)cc2)n(-c2ccccc2)n1. The van der Waals surface area contributed by atoms with Crippen molar-refractivity contribution in [3.63, 3.8) is 0 Å². The quantitative estimate of drug-likeness (QED) is 0.671. The minimum Gasteiger partial charge on any atom is -0.396 e. The van der Waals surface area contributed by atoms with E-state index in [0.717, 1.165) is 16.9 Å². The second-order valence-corrected chi connectivity index (χ2v) is 6.74. The van der Waals surface area contributed by atoms with Crippen LogP contribution in [-0.4, -0.2) is 26.6 Å². The van der Waals surface area contributed by atoms with Crippen molar-refractivity contribution in [2.24, 2.45) is 0 Å². The third-order valence-electron chi connectivity index (χ3n) is 4.87. The number of rotatable bonds is 7. The first-order chi connectivity index (χ1) is 12.6. The minimum atomic E-state index is -1.04. The van der Waals surface area contributed by atoms with E-state index in [1.54, 1.807) is 0 Å². The first kappa shape index (κ1) is 18.4. The predicted molar refractivity (Wildman–Crippen MR) is 104 cm³/mol. The Balaban J connectivity index is 2.12. The predicted octanol–water partition coefficient (Wildman–Crippen LogP) is 4.22. The van der Waals surface area contributed by atoms with Gasteiger partial charge in [-0.2, -0.15) is 5.10 Å². The van der Waals surface area contributed by atoms with E-state index in [4.69, 9.17) is 5.10 Å². The standard InChI is InChI=1S/C22H26N2O2/c1-3-22(26,14-7-15-25)21-16-20(18-12-10-17(2)11-13-18)24(23-21)19-8-5-4-6-9-19/h4-6,8-13,16,25-26H,3,7,14-15H2,1-2H3. The van der Waals surface area contributed by atoms with Crippen LogP contribution >= 0.6 is 0 Å².